The number of hydrogen-bond donors (Lipinski definition) is 1. The molecule has 1 aromatic heterocycles. The van der Waals surface area contributed by atoms with E-state index in [4.69, 9.17) is 4.74 Å². The van der Waals surface area contributed by atoms with E-state index >= 15 is 0 Å². The molecule has 0 aliphatic rings. The number of rotatable bonds is 9. The Morgan fingerprint density at radius 2 is 1.69 bits per heavy atom. The van der Waals surface area contributed by atoms with Gasteiger partial charge in [0.15, 0.2) is 0 Å². The molecule has 0 unspecified atom stereocenters. The zero-order valence-electron chi connectivity index (χ0n) is 17.3. The molecule has 0 bridgehead atoms. The molecular weight excluding hydrogens is 364 g/mol. The molecule has 5 nitrogen and oxygen atoms in total. The normalized spacial score (nSPS) is 10.9. The number of Topliss-reactive ketones (excluding diaryl/α,β-unsaturated/α-hetero) is 1. The van der Waals surface area contributed by atoms with Crippen LogP contribution >= 0.6 is 0 Å². The van der Waals surface area contributed by atoms with E-state index in [0.717, 1.165) is 29.5 Å². The van der Waals surface area contributed by atoms with Crippen LogP contribution in [0.15, 0.2) is 48.7 Å². The molecule has 0 saturated heterocycles. The van der Waals surface area contributed by atoms with Crippen molar-refractivity contribution in [2.75, 3.05) is 13.1 Å². The van der Waals surface area contributed by atoms with Gasteiger partial charge >= 0.3 is 0 Å². The van der Waals surface area contributed by atoms with Crippen molar-refractivity contribution in [3.05, 3.63) is 65.4 Å². The Bertz CT molecular complexity index is 986. The van der Waals surface area contributed by atoms with E-state index in [1.54, 1.807) is 11.1 Å². The Labute approximate surface area is 171 Å². The second kappa shape index (κ2) is 9.41. The fourth-order valence-corrected chi connectivity index (χ4v) is 3.51. The lowest BCUT2D eigenvalue weighted by molar-refractivity contribution is -0.126. The first-order valence-electron chi connectivity index (χ1n) is 10.2. The van der Waals surface area contributed by atoms with Crippen LogP contribution in [0.4, 0.5) is 0 Å². The highest BCUT2D eigenvalue weighted by Gasteiger charge is 2.26. The van der Waals surface area contributed by atoms with Crippen LogP contribution in [0.1, 0.15) is 48.2 Å². The monoisotopic (exact) mass is 392 g/mol. The Kier molecular flexibility index (Phi) is 6.70. The fraction of sp³-hybridized carbons (Fsp3) is 0.333. The van der Waals surface area contributed by atoms with Gasteiger partial charge in [-0.3, -0.25) is 9.59 Å². The summed E-state index contributed by atoms with van der Waals surface area (Å²) < 4.78 is 6.05. The highest BCUT2D eigenvalue weighted by Crippen LogP contribution is 2.32. The molecule has 0 fully saturated rings. The van der Waals surface area contributed by atoms with E-state index in [1.807, 2.05) is 63.2 Å². The number of fused-ring (bicyclic) bond motifs is 1. The van der Waals surface area contributed by atoms with Crippen LogP contribution in [0.25, 0.3) is 10.9 Å². The Morgan fingerprint density at radius 1 is 1.00 bits per heavy atom. The molecule has 1 heterocycles. The predicted molar refractivity (Wildman–Crippen MR) is 115 cm³/mol. The third-order valence-corrected chi connectivity index (χ3v) is 4.96. The molecule has 0 radical (unpaired) electrons. The van der Waals surface area contributed by atoms with Crippen LogP contribution in [0, 0.1) is 6.92 Å². The van der Waals surface area contributed by atoms with Gasteiger partial charge in [-0.2, -0.15) is 0 Å². The SMILES string of the molecule is CCCN(CCC)C(=O)C(=O)c1c[nH]c2c(C)ccc(OCc3ccccc3)c12. The van der Waals surface area contributed by atoms with Crippen molar-refractivity contribution in [2.45, 2.75) is 40.2 Å². The minimum atomic E-state index is -0.492. The molecule has 5 heteroatoms. The second-order valence-corrected chi connectivity index (χ2v) is 7.23. The van der Waals surface area contributed by atoms with E-state index in [9.17, 15) is 9.59 Å². The number of aromatic amines is 1. The third kappa shape index (κ3) is 4.50. The van der Waals surface area contributed by atoms with E-state index in [-0.39, 0.29) is 0 Å². The first kappa shape index (κ1) is 20.6. The van der Waals surface area contributed by atoms with Crippen LogP contribution < -0.4 is 4.74 Å². The lowest BCUT2D eigenvalue weighted by atomic mass is 10.0. The van der Waals surface area contributed by atoms with E-state index < -0.39 is 11.7 Å². The summed E-state index contributed by atoms with van der Waals surface area (Å²) in [6, 6.07) is 13.7. The van der Waals surface area contributed by atoms with Gasteiger partial charge in [-0.1, -0.05) is 50.2 Å². The maximum absolute atomic E-state index is 13.1. The number of H-pyrrole nitrogens is 1. The van der Waals surface area contributed by atoms with Crippen molar-refractivity contribution in [3.63, 3.8) is 0 Å². The number of amides is 1. The van der Waals surface area contributed by atoms with Crippen molar-refractivity contribution >= 4 is 22.6 Å². The molecule has 152 valence electrons. The van der Waals surface area contributed by atoms with Gasteiger partial charge in [0.2, 0.25) is 0 Å². The number of aromatic nitrogens is 1. The summed E-state index contributed by atoms with van der Waals surface area (Å²) in [7, 11) is 0. The zero-order chi connectivity index (χ0) is 20.8. The van der Waals surface area contributed by atoms with Gasteiger partial charge in [-0.15, -0.1) is 0 Å². The number of aryl methyl sites for hydroxylation is 1. The van der Waals surface area contributed by atoms with Gasteiger partial charge in [0.25, 0.3) is 11.7 Å². The van der Waals surface area contributed by atoms with Gasteiger partial charge in [0.05, 0.1) is 16.5 Å². The largest absolute Gasteiger partial charge is 0.488 e. The number of ether oxygens (including phenoxy) is 1. The molecule has 0 aliphatic carbocycles. The maximum Gasteiger partial charge on any atom is 0.295 e. The number of benzene rings is 2. The Hall–Kier alpha value is -3.08. The molecule has 1 amide bonds. The average Bonchev–Trinajstić information content (AvgIpc) is 3.19. The number of ketones is 1. The van der Waals surface area contributed by atoms with Crippen molar-refractivity contribution in [1.82, 2.24) is 9.88 Å². The van der Waals surface area contributed by atoms with Gasteiger partial charge in [-0.05, 0) is 37.0 Å². The summed E-state index contributed by atoms with van der Waals surface area (Å²) in [5.41, 5.74) is 3.23. The van der Waals surface area contributed by atoms with Crippen LogP contribution in [0.2, 0.25) is 0 Å². The van der Waals surface area contributed by atoms with Crippen LogP contribution in [-0.2, 0) is 11.4 Å². The summed E-state index contributed by atoms with van der Waals surface area (Å²) in [4.78, 5) is 30.7. The molecular formula is C24H28N2O3. The van der Waals surface area contributed by atoms with E-state index in [0.29, 0.717) is 36.4 Å². The fourth-order valence-electron chi connectivity index (χ4n) is 3.51. The van der Waals surface area contributed by atoms with E-state index in [2.05, 4.69) is 4.98 Å². The maximum atomic E-state index is 13.1. The number of hydrogen-bond acceptors (Lipinski definition) is 3. The molecule has 3 aromatic rings. The van der Waals surface area contributed by atoms with Crippen molar-refractivity contribution < 1.29 is 14.3 Å². The quantitative estimate of drug-likeness (QED) is 0.417. The predicted octanol–water partition coefficient (Wildman–Crippen LogP) is 4.89. The Balaban J connectivity index is 1.94. The minimum Gasteiger partial charge on any atom is -0.488 e. The third-order valence-electron chi connectivity index (χ3n) is 4.96. The smallest absolute Gasteiger partial charge is 0.295 e. The first-order valence-corrected chi connectivity index (χ1v) is 10.2. The summed E-state index contributed by atoms with van der Waals surface area (Å²) in [5.74, 6) is -0.345. The molecule has 1 N–H and O–H groups in total. The van der Waals surface area contributed by atoms with Crippen molar-refractivity contribution in [1.29, 1.82) is 0 Å². The van der Waals surface area contributed by atoms with Gasteiger partial charge in [0.1, 0.15) is 12.4 Å². The topological polar surface area (TPSA) is 62.4 Å². The molecule has 0 saturated carbocycles. The summed E-state index contributed by atoms with van der Waals surface area (Å²) in [5, 5.41) is 0.673. The van der Waals surface area contributed by atoms with Gasteiger partial charge < -0.3 is 14.6 Å². The summed E-state index contributed by atoms with van der Waals surface area (Å²) in [6.07, 6.45) is 3.26. The molecule has 0 spiro atoms. The second-order valence-electron chi connectivity index (χ2n) is 7.23. The van der Waals surface area contributed by atoms with Crippen molar-refractivity contribution in [2.24, 2.45) is 0 Å². The van der Waals surface area contributed by atoms with Crippen LogP contribution in [-0.4, -0.2) is 34.7 Å². The molecule has 0 aliphatic heterocycles. The molecule has 2 aromatic carbocycles. The molecule has 3 rings (SSSR count). The average molecular weight is 392 g/mol. The highest BCUT2D eigenvalue weighted by molar-refractivity contribution is 6.45. The Morgan fingerprint density at radius 3 is 2.34 bits per heavy atom. The van der Waals surface area contributed by atoms with Gasteiger partial charge in [-0.25, -0.2) is 0 Å². The number of carbonyl (C=O) groups is 2. The zero-order valence-corrected chi connectivity index (χ0v) is 17.3. The summed E-state index contributed by atoms with van der Waals surface area (Å²) >= 11 is 0. The molecule has 29 heavy (non-hydrogen) atoms. The minimum absolute atomic E-state index is 0.369. The van der Waals surface area contributed by atoms with Crippen LogP contribution in [0.5, 0.6) is 5.75 Å². The van der Waals surface area contributed by atoms with Gasteiger partial charge in [0, 0.05) is 19.3 Å². The molecule has 0 atom stereocenters. The highest BCUT2D eigenvalue weighted by atomic mass is 16.5. The number of carbonyl (C=O) groups excluding carboxylic acids is 2. The standard InChI is InChI=1S/C24H28N2O3/c1-4-13-26(14-5-2)24(28)23(27)19-15-25-22-17(3)11-12-20(21(19)22)29-16-18-9-7-6-8-10-18/h6-12,15,25H,4-5,13-14,16H2,1-3H3. The lowest BCUT2D eigenvalue weighted by Gasteiger charge is -2.20. The van der Waals surface area contributed by atoms with Crippen LogP contribution in [0.3, 0.4) is 0 Å². The number of nitrogens with zero attached hydrogens (tertiary/aromatic N) is 1. The summed E-state index contributed by atoms with van der Waals surface area (Å²) in [6.45, 7) is 7.53. The number of nitrogens with one attached hydrogen (secondary N) is 1. The first-order chi connectivity index (χ1) is 14.1. The van der Waals surface area contributed by atoms with Crippen molar-refractivity contribution in [3.8, 4) is 5.75 Å². The lowest BCUT2D eigenvalue weighted by Crippen LogP contribution is -2.37. The van der Waals surface area contributed by atoms with E-state index in [1.165, 1.54) is 0 Å².